The Balaban J connectivity index is 1.68. The normalized spacial score (nSPS) is 24.6. The molecule has 1 aliphatic carbocycles. The standard InChI is InChI=1S/C14H21N3O2S/c1-20-9-12-15-14(19-16-12)10-6-7-13(18)17(8-10)11-4-2-3-5-11/h10-11H,2-9H2,1H3. The summed E-state index contributed by atoms with van der Waals surface area (Å²) < 4.78 is 5.39. The van der Waals surface area contributed by atoms with Gasteiger partial charge in [-0.1, -0.05) is 18.0 Å². The largest absolute Gasteiger partial charge is 0.339 e. The van der Waals surface area contributed by atoms with Crippen molar-refractivity contribution in [1.82, 2.24) is 15.0 Å². The molecule has 2 heterocycles. The van der Waals surface area contributed by atoms with E-state index in [1.165, 1.54) is 12.8 Å². The van der Waals surface area contributed by atoms with Crippen molar-refractivity contribution in [2.45, 2.75) is 56.2 Å². The Morgan fingerprint density at radius 2 is 2.15 bits per heavy atom. The number of likely N-dealkylation sites (tertiary alicyclic amines) is 1. The number of hydrogen-bond acceptors (Lipinski definition) is 5. The Bertz CT molecular complexity index is 471. The van der Waals surface area contributed by atoms with Gasteiger partial charge in [0.1, 0.15) is 0 Å². The molecular weight excluding hydrogens is 274 g/mol. The maximum atomic E-state index is 12.1. The first-order valence-corrected chi connectivity index (χ1v) is 8.78. The van der Waals surface area contributed by atoms with Crippen molar-refractivity contribution < 1.29 is 9.32 Å². The van der Waals surface area contributed by atoms with Gasteiger partial charge in [-0.25, -0.2) is 0 Å². The third kappa shape index (κ3) is 2.85. The lowest BCUT2D eigenvalue weighted by Gasteiger charge is -2.35. The van der Waals surface area contributed by atoms with E-state index in [4.69, 9.17) is 4.52 Å². The van der Waals surface area contributed by atoms with Crippen LogP contribution in [-0.4, -0.2) is 39.8 Å². The monoisotopic (exact) mass is 295 g/mol. The minimum Gasteiger partial charge on any atom is -0.339 e. The highest BCUT2D eigenvalue weighted by molar-refractivity contribution is 7.97. The average Bonchev–Trinajstić information content (AvgIpc) is 3.11. The van der Waals surface area contributed by atoms with Crippen LogP contribution in [0.15, 0.2) is 4.52 Å². The lowest BCUT2D eigenvalue weighted by atomic mass is 9.95. The Morgan fingerprint density at radius 1 is 1.35 bits per heavy atom. The zero-order valence-corrected chi connectivity index (χ0v) is 12.7. The molecule has 0 radical (unpaired) electrons. The highest BCUT2D eigenvalue weighted by Gasteiger charge is 2.35. The van der Waals surface area contributed by atoms with Gasteiger partial charge >= 0.3 is 0 Å². The van der Waals surface area contributed by atoms with Crippen molar-refractivity contribution >= 4 is 17.7 Å². The number of rotatable bonds is 4. The zero-order valence-electron chi connectivity index (χ0n) is 11.9. The molecule has 2 fully saturated rings. The fourth-order valence-corrected chi connectivity index (χ4v) is 3.64. The summed E-state index contributed by atoms with van der Waals surface area (Å²) in [4.78, 5) is 18.7. The van der Waals surface area contributed by atoms with Gasteiger partial charge in [-0.05, 0) is 25.5 Å². The maximum Gasteiger partial charge on any atom is 0.231 e. The van der Waals surface area contributed by atoms with Gasteiger partial charge in [0.05, 0.1) is 11.7 Å². The van der Waals surface area contributed by atoms with Crippen molar-refractivity contribution in [3.63, 3.8) is 0 Å². The molecule has 1 aromatic heterocycles. The molecule has 1 aromatic rings. The molecule has 1 unspecified atom stereocenters. The Morgan fingerprint density at radius 3 is 2.90 bits per heavy atom. The van der Waals surface area contributed by atoms with Crippen molar-refractivity contribution in [2.75, 3.05) is 12.8 Å². The number of carbonyl (C=O) groups excluding carboxylic acids is 1. The number of hydrogen-bond donors (Lipinski definition) is 0. The van der Waals surface area contributed by atoms with Gasteiger partial charge in [-0.3, -0.25) is 4.79 Å². The van der Waals surface area contributed by atoms with Gasteiger partial charge in [0.15, 0.2) is 5.82 Å². The van der Waals surface area contributed by atoms with Crippen molar-refractivity contribution in [2.24, 2.45) is 0 Å². The van der Waals surface area contributed by atoms with Gasteiger partial charge in [0.25, 0.3) is 0 Å². The summed E-state index contributed by atoms with van der Waals surface area (Å²) in [5, 5.41) is 4.01. The van der Waals surface area contributed by atoms with Crippen LogP contribution >= 0.6 is 11.8 Å². The third-order valence-electron chi connectivity index (χ3n) is 4.32. The third-order valence-corrected chi connectivity index (χ3v) is 4.86. The minimum atomic E-state index is 0.219. The van der Waals surface area contributed by atoms with E-state index in [0.29, 0.717) is 24.3 Å². The summed E-state index contributed by atoms with van der Waals surface area (Å²) in [7, 11) is 0. The average molecular weight is 295 g/mol. The molecule has 3 rings (SSSR count). The molecule has 0 spiro atoms. The number of carbonyl (C=O) groups is 1. The van der Waals surface area contributed by atoms with Gasteiger partial charge < -0.3 is 9.42 Å². The molecule has 1 amide bonds. The van der Waals surface area contributed by atoms with Gasteiger partial charge in [0, 0.05) is 19.0 Å². The summed E-state index contributed by atoms with van der Waals surface area (Å²) in [6, 6.07) is 0.443. The topological polar surface area (TPSA) is 59.2 Å². The van der Waals surface area contributed by atoms with Crippen molar-refractivity contribution in [3.05, 3.63) is 11.7 Å². The number of thioether (sulfide) groups is 1. The molecule has 6 heteroatoms. The quantitative estimate of drug-likeness (QED) is 0.854. The molecular formula is C14H21N3O2S. The molecule has 1 aliphatic heterocycles. The summed E-state index contributed by atoms with van der Waals surface area (Å²) >= 11 is 1.69. The van der Waals surface area contributed by atoms with E-state index in [2.05, 4.69) is 15.0 Å². The number of piperidine rings is 1. The second-order valence-electron chi connectivity index (χ2n) is 5.70. The lowest BCUT2D eigenvalue weighted by Crippen LogP contribution is -2.44. The number of nitrogens with zero attached hydrogens (tertiary/aromatic N) is 3. The molecule has 2 aliphatic rings. The van der Waals surface area contributed by atoms with Crippen LogP contribution in [-0.2, 0) is 10.5 Å². The highest BCUT2D eigenvalue weighted by atomic mass is 32.2. The summed E-state index contributed by atoms with van der Waals surface area (Å²) in [5.74, 6) is 2.77. The first kappa shape index (κ1) is 13.9. The summed E-state index contributed by atoms with van der Waals surface area (Å²) in [6.45, 7) is 0.754. The van der Waals surface area contributed by atoms with Crippen molar-refractivity contribution in [1.29, 1.82) is 0 Å². The molecule has 20 heavy (non-hydrogen) atoms. The number of aromatic nitrogens is 2. The van der Waals surface area contributed by atoms with Crippen molar-refractivity contribution in [3.8, 4) is 0 Å². The van der Waals surface area contributed by atoms with E-state index in [9.17, 15) is 4.79 Å². The van der Waals surface area contributed by atoms with E-state index in [1.807, 2.05) is 6.26 Å². The van der Waals surface area contributed by atoms with Gasteiger partial charge in [-0.2, -0.15) is 16.7 Å². The molecule has 1 saturated carbocycles. The van der Waals surface area contributed by atoms with E-state index < -0.39 is 0 Å². The van der Waals surface area contributed by atoms with Crippen LogP contribution in [0.1, 0.15) is 56.2 Å². The summed E-state index contributed by atoms with van der Waals surface area (Å²) in [6.07, 6.45) is 8.27. The van der Waals surface area contributed by atoms with Crippen LogP contribution in [0.5, 0.6) is 0 Å². The fourth-order valence-electron chi connectivity index (χ4n) is 3.26. The maximum absolute atomic E-state index is 12.1. The van der Waals surface area contributed by atoms with Crippen LogP contribution in [0.25, 0.3) is 0 Å². The zero-order chi connectivity index (χ0) is 13.9. The summed E-state index contributed by atoms with van der Waals surface area (Å²) in [5.41, 5.74) is 0. The lowest BCUT2D eigenvalue weighted by molar-refractivity contribution is -0.136. The number of amides is 1. The molecule has 110 valence electrons. The predicted molar refractivity (Wildman–Crippen MR) is 77.5 cm³/mol. The molecule has 1 saturated heterocycles. The van der Waals surface area contributed by atoms with E-state index in [-0.39, 0.29) is 5.92 Å². The Kier molecular flexibility index (Phi) is 4.29. The van der Waals surface area contributed by atoms with Gasteiger partial charge in [0.2, 0.25) is 11.8 Å². The molecule has 1 atom stereocenters. The SMILES string of the molecule is CSCc1noc(C2CCC(=O)N(C3CCCC3)C2)n1. The Hall–Kier alpha value is -1.04. The van der Waals surface area contributed by atoms with E-state index in [0.717, 1.165) is 37.4 Å². The molecule has 0 aromatic carbocycles. The second-order valence-corrected chi connectivity index (χ2v) is 6.57. The van der Waals surface area contributed by atoms with Crippen LogP contribution < -0.4 is 0 Å². The molecule has 0 bridgehead atoms. The first-order valence-electron chi connectivity index (χ1n) is 7.39. The first-order chi connectivity index (χ1) is 9.78. The molecule has 5 nitrogen and oxygen atoms in total. The van der Waals surface area contributed by atoms with Crippen LogP contribution in [0.2, 0.25) is 0 Å². The second kappa shape index (κ2) is 6.16. The predicted octanol–water partition coefficient (Wildman–Crippen LogP) is 2.58. The molecule has 0 N–H and O–H groups in total. The van der Waals surface area contributed by atoms with E-state index >= 15 is 0 Å². The fraction of sp³-hybridized carbons (Fsp3) is 0.786. The van der Waals surface area contributed by atoms with Crippen LogP contribution in [0, 0.1) is 0 Å². The van der Waals surface area contributed by atoms with E-state index in [1.54, 1.807) is 11.8 Å². The Labute approximate surface area is 123 Å². The minimum absolute atomic E-state index is 0.219. The smallest absolute Gasteiger partial charge is 0.231 e. The van der Waals surface area contributed by atoms with Crippen LogP contribution in [0.4, 0.5) is 0 Å². The van der Waals surface area contributed by atoms with Crippen LogP contribution in [0.3, 0.4) is 0 Å². The highest BCUT2D eigenvalue weighted by Crippen LogP contribution is 2.32. The van der Waals surface area contributed by atoms with Gasteiger partial charge in [-0.15, -0.1) is 0 Å².